The number of carbonyl (C=O) groups excluding carboxylic acids is 2. The summed E-state index contributed by atoms with van der Waals surface area (Å²) in [5, 5.41) is 9.22. The van der Waals surface area contributed by atoms with Gasteiger partial charge in [-0.05, 0) is 12.8 Å². The van der Waals surface area contributed by atoms with Gasteiger partial charge in [-0.1, -0.05) is 25.7 Å². The third kappa shape index (κ3) is 2.57. The summed E-state index contributed by atoms with van der Waals surface area (Å²) in [6.07, 6.45) is 5.52. The Labute approximate surface area is 118 Å². The van der Waals surface area contributed by atoms with Gasteiger partial charge in [-0.3, -0.25) is 14.5 Å². The van der Waals surface area contributed by atoms with Crippen LogP contribution in [0.3, 0.4) is 0 Å². The number of likely N-dealkylation sites (tertiary alicyclic amines) is 1. The second-order valence-electron chi connectivity index (χ2n) is 5.75. The van der Waals surface area contributed by atoms with Crippen LogP contribution in [-0.2, 0) is 19.1 Å². The van der Waals surface area contributed by atoms with E-state index < -0.39 is 17.4 Å². The molecule has 1 N–H and O–H groups in total. The lowest BCUT2D eigenvalue weighted by atomic mass is 9.79. The summed E-state index contributed by atoms with van der Waals surface area (Å²) in [6.45, 7) is -0.164. The molecular formula is C14H21NO5. The van der Waals surface area contributed by atoms with Gasteiger partial charge >= 0.3 is 5.97 Å². The number of nitrogens with zero attached hydrogens (tertiary/aromatic N) is 1. The van der Waals surface area contributed by atoms with Gasteiger partial charge < -0.3 is 9.84 Å². The fourth-order valence-electron chi connectivity index (χ4n) is 3.34. The van der Waals surface area contributed by atoms with E-state index >= 15 is 0 Å². The zero-order valence-electron chi connectivity index (χ0n) is 11.8. The predicted octanol–water partition coefficient (Wildman–Crippen LogP) is 1.19. The number of ether oxygens (including phenoxy) is 1. The molecule has 2 amide bonds. The second kappa shape index (κ2) is 5.91. The lowest BCUT2D eigenvalue weighted by molar-refractivity contribution is -0.158. The molecule has 6 heteroatoms. The highest BCUT2D eigenvalue weighted by atomic mass is 16.5. The van der Waals surface area contributed by atoms with Crippen molar-refractivity contribution in [1.29, 1.82) is 0 Å². The number of aliphatic carboxylic acids is 1. The molecule has 2 fully saturated rings. The standard InChI is InChI=1S/C14H21NO5/c1-20-9-10(12(17)18)15-11(16)8-14(13(15)19)6-4-2-3-5-7-14/h10H,2-9H2,1H3,(H,17,18). The fourth-order valence-corrected chi connectivity index (χ4v) is 3.34. The van der Waals surface area contributed by atoms with Crippen LogP contribution in [0.2, 0.25) is 0 Å². The number of carboxylic acids is 1. The second-order valence-corrected chi connectivity index (χ2v) is 5.75. The topological polar surface area (TPSA) is 83.9 Å². The van der Waals surface area contributed by atoms with E-state index in [1.807, 2.05) is 0 Å². The first kappa shape index (κ1) is 15.0. The molecule has 1 aliphatic heterocycles. The number of imide groups is 1. The van der Waals surface area contributed by atoms with Crippen molar-refractivity contribution in [3.8, 4) is 0 Å². The molecule has 1 aliphatic carbocycles. The normalized spacial score (nSPS) is 23.9. The maximum Gasteiger partial charge on any atom is 0.329 e. The van der Waals surface area contributed by atoms with Crippen molar-refractivity contribution in [2.75, 3.05) is 13.7 Å². The summed E-state index contributed by atoms with van der Waals surface area (Å²) in [5.74, 6) is -1.88. The molecule has 112 valence electrons. The van der Waals surface area contributed by atoms with Crippen molar-refractivity contribution in [1.82, 2.24) is 4.90 Å². The van der Waals surface area contributed by atoms with E-state index in [-0.39, 0.29) is 24.8 Å². The molecule has 0 aromatic carbocycles. The van der Waals surface area contributed by atoms with E-state index in [2.05, 4.69) is 0 Å². The molecule has 0 bridgehead atoms. The van der Waals surface area contributed by atoms with E-state index in [1.165, 1.54) is 7.11 Å². The Morgan fingerprint density at radius 1 is 1.30 bits per heavy atom. The summed E-state index contributed by atoms with van der Waals surface area (Å²) in [5.41, 5.74) is -0.658. The molecule has 20 heavy (non-hydrogen) atoms. The number of carbonyl (C=O) groups is 3. The van der Waals surface area contributed by atoms with Crippen LogP contribution in [0.5, 0.6) is 0 Å². The third-order valence-electron chi connectivity index (χ3n) is 4.41. The molecule has 1 heterocycles. The van der Waals surface area contributed by atoms with E-state index in [1.54, 1.807) is 0 Å². The summed E-state index contributed by atoms with van der Waals surface area (Å²) in [4.78, 5) is 37.0. The molecule has 0 radical (unpaired) electrons. The number of amides is 2. The van der Waals surface area contributed by atoms with E-state index in [9.17, 15) is 19.5 Å². The lowest BCUT2D eigenvalue weighted by Gasteiger charge is -2.27. The molecule has 1 atom stereocenters. The Balaban J connectivity index is 2.25. The van der Waals surface area contributed by atoms with Crippen molar-refractivity contribution >= 4 is 17.8 Å². The molecule has 2 aliphatic rings. The van der Waals surface area contributed by atoms with Crippen LogP contribution in [0.15, 0.2) is 0 Å². The van der Waals surface area contributed by atoms with Gasteiger partial charge in [0.2, 0.25) is 11.8 Å². The largest absolute Gasteiger partial charge is 0.480 e. The minimum Gasteiger partial charge on any atom is -0.480 e. The highest BCUT2D eigenvalue weighted by Gasteiger charge is 2.54. The van der Waals surface area contributed by atoms with Gasteiger partial charge in [-0.15, -0.1) is 0 Å². The maximum absolute atomic E-state index is 12.7. The Morgan fingerprint density at radius 3 is 2.40 bits per heavy atom. The fraction of sp³-hybridized carbons (Fsp3) is 0.786. The Morgan fingerprint density at radius 2 is 1.90 bits per heavy atom. The average Bonchev–Trinajstić information content (AvgIpc) is 2.58. The van der Waals surface area contributed by atoms with Crippen molar-refractivity contribution in [3.05, 3.63) is 0 Å². The molecule has 1 unspecified atom stereocenters. The van der Waals surface area contributed by atoms with Gasteiger partial charge in [0, 0.05) is 13.5 Å². The SMILES string of the molecule is COCC(C(=O)O)N1C(=O)CC2(CCCCCC2)C1=O. The highest BCUT2D eigenvalue weighted by Crippen LogP contribution is 2.44. The van der Waals surface area contributed by atoms with Crippen LogP contribution in [0.25, 0.3) is 0 Å². The molecule has 6 nitrogen and oxygen atoms in total. The molecule has 0 aromatic heterocycles. The van der Waals surface area contributed by atoms with Gasteiger partial charge in [-0.2, -0.15) is 0 Å². The summed E-state index contributed by atoms with van der Waals surface area (Å²) >= 11 is 0. The minimum atomic E-state index is -1.21. The predicted molar refractivity (Wildman–Crippen MR) is 69.9 cm³/mol. The van der Waals surface area contributed by atoms with E-state index in [0.29, 0.717) is 12.8 Å². The van der Waals surface area contributed by atoms with Crippen LogP contribution in [0, 0.1) is 5.41 Å². The Bertz CT molecular complexity index is 412. The van der Waals surface area contributed by atoms with Crippen LogP contribution in [-0.4, -0.2) is 47.5 Å². The third-order valence-corrected chi connectivity index (χ3v) is 4.41. The van der Waals surface area contributed by atoms with Crippen molar-refractivity contribution < 1.29 is 24.2 Å². The zero-order chi connectivity index (χ0) is 14.8. The first-order valence-corrected chi connectivity index (χ1v) is 7.10. The number of hydrogen-bond donors (Lipinski definition) is 1. The monoisotopic (exact) mass is 283 g/mol. The molecule has 2 rings (SSSR count). The lowest BCUT2D eigenvalue weighted by Crippen LogP contribution is -2.49. The molecule has 0 aromatic rings. The van der Waals surface area contributed by atoms with Gasteiger partial charge in [0.1, 0.15) is 0 Å². The van der Waals surface area contributed by atoms with E-state index in [0.717, 1.165) is 30.6 Å². The Kier molecular flexibility index (Phi) is 4.42. The van der Waals surface area contributed by atoms with Gasteiger partial charge in [-0.25, -0.2) is 4.79 Å². The number of carboxylic acid groups (broad SMARTS) is 1. The number of methoxy groups -OCH3 is 1. The number of rotatable bonds is 4. The molecule has 1 saturated carbocycles. The first-order valence-electron chi connectivity index (χ1n) is 7.10. The molecule has 1 saturated heterocycles. The summed E-state index contributed by atoms with van der Waals surface area (Å²) in [6, 6.07) is -1.21. The first-order chi connectivity index (χ1) is 9.52. The quantitative estimate of drug-likeness (QED) is 0.783. The van der Waals surface area contributed by atoms with Gasteiger partial charge in [0.15, 0.2) is 6.04 Å². The van der Waals surface area contributed by atoms with Crippen molar-refractivity contribution in [3.63, 3.8) is 0 Å². The van der Waals surface area contributed by atoms with Crippen molar-refractivity contribution in [2.45, 2.75) is 51.0 Å². The average molecular weight is 283 g/mol. The van der Waals surface area contributed by atoms with Crippen LogP contribution in [0.4, 0.5) is 0 Å². The smallest absolute Gasteiger partial charge is 0.329 e. The van der Waals surface area contributed by atoms with Crippen LogP contribution >= 0.6 is 0 Å². The van der Waals surface area contributed by atoms with Crippen LogP contribution < -0.4 is 0 Å². The molecule has 1 spiro atoms. The molecular weight excluding hydrogens is 262 g/mol. The van der Waals surface area contributed by atoms with E-state index in [4.69, 9.17) is 4.74 Å². The van der Waals surface area contributed by atoms with Crippen LogP contribution in [0.1, 0.15) is 44.9 Å². The maximum atomic E-state index is 12.7. The minimum absolute atomic E-state index is 0.152. The zero-order valence-corrected chi connectivity index (χ0v) is 11.8. The summed E-state index contributed by atoms with van der Waals surface area (Å²) in [7, 11) is 1.36. The highest BCUT2D eigenvalue weighted by molar-refractivity contribution is 6.08. The van der Waals surface area contributed by atoms with Gasteiger partial charge in [0.25, 0.3) is 0 Å². The Hall–Kier alpha value is -1.43. The summed E-state index contributed by atoms with van der Waals surface area (Å²) < 4.78 is 4.85. The van der Waals surface area contributed by atoms with Crippen molar-refractivity contribution in [2.24, 2.45) is 5.41 Å². The number of hydrogen-bond acceptors (Lipinski definition) is 4. The van der Waals surface area contributed by atoms with Gasteiger partial charge in [0.05, 0.1) is 12.0 Å².